The third kappa shape index (κ3) is 3.04. The molecule has 2 heterocycles. The molecule has 2 aromatic rings. The molecule has 0 saturated heterocycles. The van der Waals surface area contributed by atoms with Gasteiger partial charge in [0.1, 0.15) is 23.3 Å². The maximum Gasteiger partial charge on any atom is 0.164 e. The van der Waals surface area contributed by atoms with Crippen molar-refractivity contribution >= 4 is 5.82 Å². The molecule has 0 saturated carbocycles. The molecule has 0 bridgehead atoms. The molecule has 114 valence electrons. The van der Waals surface area contributed by atoms with Crippen LogP contribution in [0.1, 0.15) is 50.7 Å². The zero-order chi connectivity index (χ0) is 15.8. The van der Waals surface area contributed by atoms with Gasteiger partial charge in [0.25, 0.3) is 0 Å². The average Bonchev–Trinajstić information content (AvgIpc) is 2.70. The van der Waals surface area contributed by atoms with Crippen molar-refractivity contribution in [2.75, 3.05) is 11.9 Å². The lowest BCUT2D eigenvalue weighted by Crippen LogP contribution is -2.21. The first-order valence-corrected chi connectivity index (χ1v) is 7.27. The number of aromatic nitrogens is 5. The van der Waals surface area contributed by atoms with Crippen molar-refractivity contribution in [3.8, 4) is 5.82 Å². The van der Waals surface area contributed by atoms with Gasteiger partial charge in [0, 0.05) is 17.5 Å². The summed E-state index contributed by atoms with van der Waals surface area (Å²) in [6, 6.07) is 0. The number of hydrogen-bond donors (Lipinski definition) is 1. The first-order valence-electron chi connectivity index (χ1n) is 7.27. The van der Waals surface area contributed by atoms with E-state index >= 15 is 0 Å². The Bertz CT molecular complexity index is 651. The fourth-order valence-corrected chi connectivity index (χ4v) is 2.11. The van der Waals surface area contributed by atoms with Crippen LogP contribution in [0.3, 0.4) is 0 Å². The molecule has 0 aliphatic carbocycles. The Hall–Kier alpha value is -1.98. The second-order valence-electron chi connectivity index (χ2n) is 6.24. The van der Waals surface area contributed by atoms with Gasteiger partial charge >= 0.3 is 0 Å². The van der Waals surface area contributed by atoms with Crippen LogP contribution in [-0.4, -0.2) is 31.3 Å². The third-order valence-corrected chi connectivity index (χ3v) is 3.21. The molecule has 0 atom stereocenters. The molecule has 2 rings (SSSR count). The van der Waals surface area contributed by atoms with Gasteiger partial charge in [-0.3, -0.25) is 0 Å². The van der Waals surface area contributed by atoms with Crippen molar-refractivity contribution < 1.29 is 0 Å². The Kier molecular flexibility index (Phi) is 3.98. The molecular formula is C15H24N6. The summed E-state index contributed by atoms with van der Waals surface area (Å²) < 4.78 is 1.79. The quantitative estimate of drug-likeness (QED) is 0.940. The third-order valence-electron chi connectivity index (χ3n) is 3.21. The summed E-state index contributed by atoms with van der Waals surface area (Å²) >= 11 is 0. The van der Waals surface area contributed by atoms with Crippen LogP contribution in [0, 0.1) is 20.8 Å². The van der Waals surface area contributed by atoms with E-state index in [1.165, 1.54) is 0 Å². The number of nitrogens with zero attached hydrogens (tertiary/aromatic N) is 5. The molecular weight excluding hydrogens is 264 g/mol. The summed E-state index contributed by atoms with van der Waals surface area (Å²) in [5.41, 5.74) is 0.855. The van der Waals surface area contributed by atoms with Gasteiger partial charge in [0.2, 0.25) is 0 Å². The minimum Gasteiger partial charge on any atom is -0.370 e. The molecule has 0 radical (unpaired) electrons. The number of hydrogen-bond acceptors (Lipinski definition) is 5. The minimum absolute atomic E-state index is 0.129. The lowest BCUT2D eigenvalue weighted by atomic mass is 9.95. The van der Waals surface area contributed by atoms with Crippen LogP contribution < -0.4 is 5.32 Å². The highest BCUT2D eigenvalue weighted by molar-refractivity contribution is 5.52. The van der Waals surface area contributed by atoms with E-state index in [9.17, 15) is 0 Å². The summed E-state index contributed by atoms with van der Waals surface area (Å²) in [4.78, 5) is 13.8. The summed E-state index contributed by atoms with van der Waals surface area (Å²) in [6.07, 6.45) is 0. The van der Waals surface area contributed by atoms with E-state index in [0.29, 0.717) is 0 Å². The molecule has 6 heteroatoms. The highest BCUT2D eigenvalue weighted by Gasteiger charge is 2.22. The number of anilines is 1. The molecule has 0 amide bonds. The zero-order valence-electron chi connectivity index (χ0n) is 13.9. The minimum atomic E-state index is -0.129. The van der Waals surface area contributed by atoms with Crippen LogP contribution in [0.4, 0.5) is 5.82 Å². The van der Waals surface area contributed by atoms with Crippen molar-refractivity contribution in [1.29, 1.82) is 0 Å². The van der Waals surface area contributed by atoms with Crippen molar-refractivity contribution in [3.63, 3.8) is 0 Å². The fourth-order valence-electron chi connectivity index (χ4n) is 2.11. The smallest absolute Gasteiger partial charge is 0.164 e. The van der Waals surface area contributed by atoms with E-state index in [0.717, 1.165) is 41.2 Å². The summed E-state index contributed by atoms with van der Waals surface area (Å²) in [5, 5.41) is 7.77. The maximum absolute atomic E-state index is 4.74. The first-order chi connectivity index (χ1) is 9.74. The van der Waals surface area contributed by atoms with Crippen LogP contribution in [0.15, 0.2) is 0 Å². The van der Waals surface area contributed by atoms with Crippen molar-refractivity contribution in [3.05, 3.63) is 23.0 Å². The van der Waals surface area contributed by atoms with Crippen LogP contribution in [-0.2, 0) is 5.41 Å². The molecule has 0 aliphatic rings. The lowest BCUT2D eigenvalue weighted by molar-refractivity contribution is 0.541. The Morgan fingerprint density at radius 3 is 2.19 bits per heavy atom. The predicted octanol–water partition coefficient (Wildman–Crippen LogP) is 2.71. The predicted molar refractivity (Wildman–Crippen MR) is 84.0 cm³/mol. The number of aryl methyl sites for hydroxylation is 2. The van der Waals surface area contributed by atoms with Gasteiger partial charge in [-0.15, -0.1) is 5.10 Å². The normalized spacial score (nSPS) is 11.8. The average molecular weight is 288 g/mol. The van der Waals surface area contributed by atoms with Crippen LogP contribution in [0.5, 0.6) is 0 Å². The highest BCUT2D eigenvalue weighted by atomic mass is 15.4. The molecule has 0 spiro atoms. The second-order valence-corrected chi connectivity index (χ2v) is 6.24. The van der Waals surface area contributed by atoms with Crippen molar-refractivity contribution in [2.45, 2.75) is 53.9 Å². The summed E-state index contributed by atoms with van der Waals surface area (Å²) in [5.74, 6) is 4.03. The Morgan fingerprint density at radius 1 is 1.05 bits per heavy atom. The standard InChI is InChI=1S/C15H24N6/c1-8-16-12-9(2)13(19-14(18-12)15(5,6)7)21-11(4)17-10(3)20-21/h8H2,1-7H3,(H,16,18,19). The van der Waals surface area contributed by atoms with E-state index in [2.05, 4.69) is 48.1 Å². The van der Waals surface area contributed by atoms with Gasteiger partial charge in [0.15, 0.2) is 5.82 Å². The Morgan fingerprint density at radius 2 is 1.71 bits per heavy atom. The number of nitrogens with one attached hydrogen (secondary N) is 1. The monoisotopic (exact) mass is 288 g/mol. The largest absolute Gasteiger partial charge is 0.370 e. The molecule has 0 aliphatic heterocycles. The van der Waals surface area contributed by atoms with E-state index in [4.69, 9.17) is 4.98 Å². The van der Waals surface area contributed by atoms with Gasteiger partial charge < -0.3 is 5.32 Å². The SMILES string of the molecule is CCNc1nc(C(C)(C)C)nc(-n2nc(C)nc2C)c1C. The molecule has 0 unspecified atom stereocenters. The van der Waals surface area contributed by atoms with Crippen molar-refractivity contribution in [2.24, 2.45) is 0 Å². The zero-order valence-corrected chi connectivity index (χ0v) is 13.9. The Labute approximate surface area is 126 Å². The van der Waals surface area contributed by atoms with Gasteiger partial charge in [-0.05, 0) is 27.7 Å². The first kappa shape index (κ1) is 15.4. The molecule has 0 fully saturated rings. The van der Waals surface area contributed by atoms with E-state index in [-0.39, 0.29) is 5.41 Å². The maximum atomic E-state index is 4.74. The van der Waals surface area contributed by atoms with Crippen LogP contribution in [0.2, 0.25) is 0 Å². The highest BCUT2D eigenvalue weighted by Crippen LogP contribution is 2.25. The molecule has 1 N–H and O–H groups in total. The molecule has 21 heavy (non-hydrogen) atoms. The Balaban J connectivity index is 2.69. The molecule has 2 aromatic heterocycles. The van der Waals surface area contributed by atoms with Crippen LogP contribution in [0.25, 0.3) is 5.82 Å². The topological polar surface area (TPSA) is 68.5 Å². The van der Waals surface area contributed by atoms with Gasteiger partial charge in [0.05, 0.1) is 0 Å². The van der Waals surface area contributed by atoms with E-state index < -0.39 is 0 Å². The summed E-state index contributed by atoms with van der Waals surface area (Å²) in [6.45, 7) is 15.0. The number of rotatable bonds is 3. The second kappa shape index (κ2) is 5.42. The van der Waals surface area contributed by atoms with Gasteiger partial charge in [-0.1, -0.05) is 20.8 Å². The van der Waals surface area contributed by atoms with E-state index in [1.807, 2.05) is 20.8 Å². The van der Waals surface area contributed by atoms with Crippen LogP contribution >= 0.6 is 0 Å². The van der Waals surface area contributed by atoms with Gasteiger partial charge in [-0.2, -0.15) is 4.68 Å². The summed E-state index contributed by atoms with van der Waals surface area (Å²) in [7, 11) is 0. The van der Waals surface area contributed by atoms with E-state index in [1.54, 1.807) is 4.68 Å². The molecule has 6 nitrogen and oxygen atoms in total. The van der Waals surface area contributed by atoms with Gasteiger partial charge in [-0.25, -0.2) is 15.0 Å². The van der Waals surface area contributed by atoms with Crippen molar-refractivity contribution in [1.82, 2.24) is 24.7 Å². The molecule has 0 aromatic carbocycles. The lowest BCUT2D eigenvalue weighted by Gasteiger charge is -2.20. The fraction of sp³-hybridized carbons (Fsp3) is 0.600.